The molecule has 0 aromatic heterocycles. The van der Waals surface area contributed by atoms with Crippen molar-refractivity contribution in [1.29, 1.82) is 0 Å². The van der Waals surface area contributed by atoms with Gasteiger partial charge in [-0.05, 0) is 36.8 Å². The molecule has 1 heterocycles. The van der Waals surface area contributed by atoms with Crippen molar-refractivity contribution in [3.8, 4) is 0 Å². The first-order valence-corrected chi connectivity index (χ1v) is 9.35. The normalized spacial score (nSPS) is 21.2. The van der Waals surface area contributed by atoms with Gasteiger partial charge in [0.05, 0.1) is 12.6 Å². The van der Waals surface area contributed by atoms with Crippen molar-refractivity contribution >= 4 is 11.8 Å². The molecule has 1 aromatic carbocycles. The van der Waals surface area contributed by atoms with Crippen molar-refractivity contribution in [2.45, 2.75) is 57.9 Å². The average Bonchev–Trinajstić information content (AvgIpc) is 2.65. The number of nitrogens with one attached hydrogen (secondary N) is 1. The van der Waals surface area contributed by atoms with Crippen LogP contribution in [0.25, 0.3) is 0 Å². The molecule has 0 bridgehead atoms. The van der Waals surface area contributed by atoms with Gasteiger partial charge in [0.2, 0.25) is 11.8 Å². The number of carbonyl (C=O) groups is 2. The highest BCUT2D eigenvalue weighted by molar-refractivity contribution is 5.86. The summed E-state index contributed by atoms with van der Waals surface area (Å²) in [6.45, 7) is 3.00. The number of nitrogens with zero attached hydrogens (tertiary/aromatic N) is 1. The van der Waals surface area contributed by atoms with Crippen LogP contribution in [0.15, 0.2) is 24.3 Å². The predicted molar refractivity (Wildman–Crippen MR) is 94.5 cm³/mol. The maximum Gasteiger partial charge on any atom is 0.242 e. The van der Waals surface area contributed by atoms with E-state index in [9.17, 15) is 9.59 Å². The minimum atomic E-state index is 0.0421. The Bertz CT molecular complexity index is 593. The monoisotopic (exact) mass is 328 g/mol. The van der Waals surface area contributed by atoms with Crippen LogP contribution in [0, 0.1) is 5.92 Å². The maximum absolute atomic E-state index is 12.7. The summed E-state index contributed by atoms with van der Waals surface area (Å²) in [5, 5.41) is 2.89. The summed E-state index contributed by atoms with van der Waals surface area (Å²) in [6.07, 6.45) is 7.23. The molecule has 0 spiro atoms. The highest BCUT2D eigenvalue weighted by Gasteiger charge is 2.30. The standard InChI is InChI=1S/C20H28N2O2/c1-2-18-17-11-7-6-8-15(17)12-13-22(18)19(23)14-21-20(24)16-9-4-3-5-10-16/h6-8,11,16,18H,2-5,9-10,12-14H2,1H3,(H,21,24)/t18-/m0/s1. The average molecular weight is 328 g/mol. The Morgan fingerprint density at radius 2 is 1.92 bits per heavy atom. The smallest absolute Gasteiger partial charge is 0.242 e. The summed E-state index contributed by atoms with van der Waals surface area (Å²) >= 11 is 0. The molecule has 3 rings (SSSR count). The summed E-state index contributed by atoms with van der Waals surface area (Å²) in [7, 11) is 0. The molecular weight excluding hydrogens is 300 g/mol. The molecule has 1 fully saturated rings. The van der Waals surface area contributed by atoms with Crippen LogP contribution in [-0.2, 0) is 16.0 Å². The summed E-state index contributed by atoms with van der Waals surface area (Å²) in [6, 6.07) is 8.52. The fraction of sp³-hybridized carbons (Fsp3) is 0.600. The van der Waals surface area contributed by atoms with Crippen molar-refractivity contribution in [3.63, 3.8) is 0 Å². The Balaban J connectivity index is 1.59. The Hall–Kier alpha value is -1.84. The van der Waals surface area contributed by atoms with E-state index in [-0.39, 0.29) is 30.3 Å². The topological polar surface area (TPSA) is 49.4 Å². The van der Waals surface area contributed by atoms with E-state index in [4.69, 9.17) is 0 Å². The lowest BCUT2D eigenvalue weighted by molar-refractivity contribution is -0.136. The number of benzene rings is 1. The molecule has 1 aromatic rings. The molecule has 24 heavy (non-hydrogen) atoms. The van der Waals surface area contributed by atoms with Gasteiger partial charge < -0.3 is 10.2 Å². The fourth-order valence-corrected chi connectivity index (χ4v) is 4.16. The molecule has 0 radical (unpaired) electrons. The largest absolute Gasteiger partial charge is 0.347 e. The van der Waals surface area contributed by atoms with Crippen LogP contribution in [0.3, 0.4) is 0 Å². The summed E-state index contributed by atoms with van der Waals surface area (Å²) < 4.78 is 0. The van der Waals surface area contributed by atoms with Gasteiger partial charge in [0, 0.05) is 12.5 Å². The first kappa shape index (κ1) is 17.0. The SMILES string of the molecule is CC[C@H]1c2ccccc2CCN1C(=O)CNC(=O)C1CCCCC1. The molecule has 2 aliphatic rings. The van der Waals surface area contributed by atoms with Crippen molar-refractivity contribution in [3.05, 3.63) is 35.4 Å². The molecule has 4 nitrogen and oxygen atoms in total. The second-order valence-electron chi connectivity index (χ2n) is 7.01. The van der Waals surface area contributed by atoms with Gasteiger partial charge in [0.15, 0.2) is 0 Å². The highest BCUT2D eigenvalue weighted by atomic mass is 16.2. The second-order valence-corrected chi connectivity index (χ2v) is 7.01. The van der Waals surface area contributed by atoms with Gasteiger partial charge in [0.25, 0.3) is 0 Å². The molecule has 4 heteroatoms. The van der Waals surface area contributed by atoms with Crippen LogP contribution in [0.1, 0.15) is 62.6 Å². The zero-order valence-electron chi connectivity index (χ0n) is 14.6. The van der Waals surface area contributed by atoms with E-state index in [1.165, 1.54) is 17.5 Å². The molecular formula is C20H28N2O2. The molecule has 2 amide bonds. The Morgan fingerprint density at radius 1 is 1.17 bits per heavy atom. The number of rotatable bonds is 4. The van der Waals surface area contributed by atoms with Crippen LogP contribution in [0.2, 0.25) is 0 Å². The molecule has 1 aliphatic heterocycles. The van der Waals surface area contributed by atoms with Gasteiger partial charge in [-0.25, -0.2) is 0 Å². The van der Waals surface area contributed by atoms with Crippen LogP contribution in [0.4, 0.5) is 0 Å². The third kappa shape index (κ3) is 3.63. The number of fused-ring (bicyclic) bond motifs is 1. The van der Waals surface area contributed by atoms with Gasteiger partial charge in [-0.15, -0.1) is 0 Å². The van der Waals surface area contributed by atoms with E-state index in [1.807, 2.05) is 11.0 Å². The van der Waals surface area contributed by atoms with E-state index in [0.717, 1.165) is 45.1 Å². The fourth-order valence-electron chi connectivity index (χ4n) is 4.16. The first-order valence-electron chi connectivity index (χ1n) is 9.35. The van der Waals surface area contributed by atoms with Crippen LogP contribution in [-0.4, -0.2) is 29.8 Å². The lowest BCUT2D eigenvalue weighted by atomic mass is 9.88. The number of hydrogen-bond acceptors (Lipinski definition) is 2. The second kappa shape index (κ2) is 7.82. The zero-order chi connectivity index (χ0) is 16.9. The maximum atomic E-state index is 12.7. The minimum absolute atomic E-state index is 0.0421. The van der Waals surface area contributed by atoms with E-state index in [1.54, 1.807) is 0 Å². The molecule has 1 atom stereocenters. The van der Waals surface area contributed by atoms with E-state index >= 15 is 0 Å². The third-order valence-electron chi connectivity index (χ3n) is 5.51. The molecule has 130 valence electrons. The van der Waals surface area contributed by atoms with Crippen LogP contribution >= 0.6 is 0 Å². The molecule has 1 N–H and O–H groups in total. The van der Waals surface area contributed by atoms with Gasteiger partial charge in [-0.3, -0.25) is 9.59 Å². The van der Waals surface area contributed by atoms with Gasteiger partial charge >= 0.3 is 0 Å². The zero-order valence-corrected chi connectivity index (χ0v) is 14.6. The summed E-state index contributed by atoms with van der Waals surface area (Å²) in [5.41, 5.74) is 2.61. The lowest BCUT2D eigenvalue weighted by Gasteiger charge is -2.37. The van der Waals surface area contributed by atoms with Crippen LogP contribution in [0.5, 0.6) is 0 Å². The lowest BCUT2D eigenvalue weighted by Crippen LogP contribution is -2.46. The van der Waals surface area contributed by atoms with E-state index in [2.05, 4.69) is 30.4 Å². The van der Waals surface area contributed by atoms with Crippen molar-refractivity contribution in [1.82, 2.24) is 10.2 Å². The Labute approximate surface area is 144 Å². The Morgan fingerprint density at radius 3 is 2.67 bits per heavy atom. The molecule has 0 saturated heterocycles. The van der Waals surface area contributed by atoms with Crippen molar-refractivity contribution in [2.75, 3.05) is 13.1 Å². The summed E-state index contributed by atoms with van der Waals surface area (Å²) in [4.78, 5) is 26.9. The minimum Gasteiger partial charge on any atom is -0.347 e. The third-order valence-corrected chi connectivity index (χ3v) is 5.51. The first-order chi connectivity index (χ1) is 11.7. The highest BCUT2D eigenvalue weighted by Crippen LogP contribution is 2.32. The van der Waals surface area contributed by atoms with Gasteiger partial charge in [-0.2, -0.15) is 0 Å². The number of hydrogen-bond donors (Lipinski definition) is 1. The van der Waals surface area contributed by atoms with Gasteiger partial charge in [-0.1, -0.05) is 50.5 Å². The van der Waals surface area contributed by atoms with Crippen molar-refractivity contribution in [2.24, 2.45) is 5.92 Å². The van der Waals surface area contributed by atoms with Gasteiger partial charge in [0.1, 0.15) is 0 Å². The predicted octanol–water partition coefficient (Wildman–Crippen LogP) is 3.22. The Kier molecular flexibility index (Phi) is 5.54. The molecule has 1 saturated carbocycles. The quantitative estimate of drug-likeness (QED) is 0.922. The van der Waals surface area contributed by atoms with E-state index in [0.29, 0.717) is 0 Å². The summed E-state index contributed by atoms with van der Waals surface area (Å²) in [5.74, 6) is 0.213. The molecule has 1 aliphatic carbocycles. The van der Waals surface area contributed by atoms with Crippen molar-refractivity contribution < 1.29 is 9.59 Å². The van der Waals surface area contributed by atoms with E-state index < -0.39 is 0 Å². The number of carbonyl (C=O) groups excluding carboxylic acids is 2. The number of amides is 2. The van der Waals surface area contributed by atoms with Crippen LogP contribution < -0.4 is 5.32 Å². The molecule has 0 unspecified atom stereocenters.